The number of alkyl halides is 2. The zero-order valence-electron chi connectivity index (χ0n) is 3.71. The molecule has 0 aliphatic rings. The fraction of sp³-hybridized carbons (Fsp3) is 0.333. The molecule has 0 saturated carbocycles. The first-order chi connectivity index (χ1) is 3.80. The molecule has 0 radical (unpaired) electrons. The van der Waals surface area contributed by atoms with E-state index in [1.54, 1.807) is 5.38 Å². The summed E-state index contributed by atoms with van der Waals surface area (Å²) in [6.07, 6.45) is 0. The van der Waals surface area contributed by atoms with E-state index in [2.05, 4.69) is 9.59 Å². The normalized spacial score (nSPS) is 10.4. The molecule has 0 bridgehead atoms. The molecule has 2 nitrogen and oxygen atoms in total. The van der Waals surface area contributed by atoms with E-state index in [-0.39, 0.29) is 0 Å². The highest BCUT2D eigenvalue weighted by molar-refractivity contribution is 7.03. The average molecular weight is 169 g/mol. The molecule has 0 unspecified atom stereocenters. The molecule has 0 N–H and O–H groups in total. The Morgan fingerprint density at radius 1 is 1.62 bits per heavy atom. The van der Waals surface area contributed by atoms with Crippen LogP contribution in [-0.2, 0) is 0 Å². The molecule has 0 fully saturated rings. The van der Waals surface area contributed by atoms with Crippen molar-refractivity contribution < 1.29 is 0 Å². The molecule has 0 amide bonds. The first-order valence-electron chi connectivity index (χ1n) is 1.86. The molecular weight excluding hydrogens is 167 g/mol. The number of rotatable bonds is 1. The van der Waals surface area contributed by atoms with E-state index < -0.39 is 4.84 Å². The molecule has 1 aromatic rings. The average Bonchev–Trinajstić information content (AvgIpc) is 2.12. The summed E-state index contributed by atoms with van der Waals surface area (Å²) in [7, 11) is 0. The van der Waals surface area contributed by atoms with Crippen LogP contribution in [0.5, 0.6) is 0 Å². The second-order valence-electron chi connectivity index (χ2n) is 1.13. The van der Waals surface area contributed by atoms with Gasteiger partial charge in [0.05, 0.1) is 0 Å². The van der Waals surface area contributed by atoms with Gasteiger partial charge in [0.1, 0.15) is 5.69 Å². The van der Waals surface area contributed by atoms with Gasteiger partial charge < -0.3 is 0 Å². The molecule has 1 rings (SSSR count). The third-order valence-corrected chi connectivity index (χ3v) is 1.57. The number of aromatic nitrogens is 2. The van der Waals surface area contributed by atoms with Gasteiger partial charge in [-0.2, -0.15) is 0 Å². The van der Waals surface area contributed by atoms with Gasteiger partial charge in [-0.3, -0.25) is 0 Å². The van der Waals surface area contributed by atoms with Crippen LogP contribution in [0.2, 0.25) is 0 Å². The predicted molar refractivity (Wildman–Crippen MR) is 34.4 cm³/mol. The van der Waals surface area contributed by atoms with Gasteiger partial charge in [-0.05, 0) is 11.5 Å². The Balaban J connectivity index is 2.77. The molecule has 0 aromatic carbocycles. The van der Waals surface area contributed by atoms with Crippen molar-refractivity contribution >= 4 is 34.7 Å². The van der Waals surface area contributed by atoms with Gasteiger partial charge in [-0.15, -0.1) is 5.10 Å². The largest absolute Gasteiger partial charge is 0.152 e. The summed E-state index contributed by atoms with van der Waals surface area (Å²) in [5, 5.41) is 5.33. The van der Waals surface area contributed by atoms with Gasteiger partial charge in [0.15, 0.2) is 4.84 Å². The highest BCUT2D eigenvalue weighted by Crippen LogP contribution is 2.22. The standard InChI is InChI=1S/C3H2Cl2N2S/c4-3(5)2-1-8-7-6-2/h1,3H. The van der Waals surface area contributed by atoms with Crippen LogP contribution in [-0.4, -0.2) is 9.59 Å². The van der Waals surface area contributed by atoms with Crippen molar-refractivity contribution in [1.29, 1.82) is 0 Å². The fourth-order valence-electron chi connectivity index (χ4n) is 0.267. The fourth-order valence-corrected chi connectivity index (χ4v) is 1.11. The first-order valence-corrected chi connectivity index (χ1v) is 3.57. The Bertz CT molecular complexity index is 150. The Morgan fingerprint density at radius 2 is 2.38 bits per heavy atom. The summed E-state index contributed by atoms with van der Waals surface area (Å²) in [4.78, 5) is -0.534. The van der Waals surface area contributed by atoms with E-state index in [0.29, 0.717) is 5.69 Å². The van der Waals surface area contributed by atoms with Crippen molar-refractivity contribution in [1.82, 2.24) is 9.59 Å². The summed E-state index contributed by atoms with van der Waals surface area (Å²) in [6.45, 7) is 0. The van der Waals surface area contributed by atoms with Crippen molar-refractivity contribution in [2.45, 2.75) is 4.84 Å². The number of hydrogen-bond acceptors (Lipinski definition) is 3. The maximum atomic E-state index is 5.41. The second-order valence-corrected chi connectivity index (χ2v) is 2.84. The lowest BCUT2D eigenvalue weighted by Crippen LogP contribution is -1.78. The molecule has 0 aliphatic heterocycles. The third kappa shape index (κ3) is 1.31. The van der Waals surface area contributed by atoms with E-state index >= 15 is 0 Å². The molecule has 8 heavy (non-hydrogen) atoms. The maximum absolute atomic E-state index is 5.41. The molecule has 1 aromatic heterocycles. The van der Waals surface area contributed by atoms with Gasteiger partial charge >= 0.3 is 0 Å². The Kier molecular flexibility index (Phi) is 2.05. The first kappa shape index (κ1) is 6.26. The molecule has 0 saturated heterocycles. The minimum absolute atomic E-state index is 0.534. The van der Waals surface area contributed by atoms with Crippen LogP contribution >= 0.6 is 34.7 Å². The molecule has 0 aliphatic carbocycles. The summed E-state index contributed by atoms with van der Waals surface area (Å²) < 4.78 is 3.57. The van der Waals surface area contributed by atoms with Crippen molar-refractivity contribution in [3.63, 3.8) is 0 Å². The SMILES string of the molecule is ClC(Cl)c1csnn1. The summed E-state index contributed by atoms with van der Waals surface area (Å²) in [5.41, 5.74) is 0.623. The van der Waals surface area contributed by atoms with Gasteiger partial charge in [0, 0.05) is 5.38 Å². The van der Waals surface area contributed by atoms with Crippen LogP contribution in [0, 0.1) is 0 Å². The summed E-state index contributed by atoms with van der Waals surface area (Å²) >= 11 is 12.1. The zero-order valence-corrected chi connectivity index (χ0v) is 6.04. The zero-order chi connectivity index (χ0) is 5.98. The minimum atomic E-state index is -0.534. The lowest BCUT2D eigenvalue weighted by atomic mass is 10.6. The molecule has 5 heteroatoms. The maximum Gasteiger partial charge on any atom is 0.152 e. The van der Waals surface area contributed by atoms with Gasteiger partial charge in [0.25, 0.3) is 0 Å². The molecule has 0 atom stereocenters. The van der Waals surface area contributed by atoms with Gasteiger partial charge in [-0.1, -0.05) is 27.7 Å². The third-order valence-electron chi connectivity index (χ3n) is 0.600. The van der Waals surface area contributed by atoms with E-state index in [0.717, 1.165) is 0 Å². The molecular formula is C3H2Cl2N2S. The Hall–Kier alpha value is 0.140. The topological polar surface area (TPSA) is 25.8 Å². The van der Waals surface area contributed by atoms with E-state index in [1.807, 2.05) is 0 Å². The van der Waals surface area contributed by atoms with Crippen LogP contribution in [0.3, 0.4) is 0 Å². The van der Waals surface area contributed by atoms with Crippen LogP contribution in [0.4, 0.5) is 0 Å². The lowest BCUT2D eigenvalue weighted by Gasteiger charge is -1.87. The van der Waals surface area contributed by atoms with Crippen LogP contribution in [0.15, 0.2) is 5.38 Å². The van der Waals surface area contributed by atoms with Crippen molar-refractivity contribution in [3.8, 4) is 0 Å². The van der Waals surface area contributed by atoms with Crippen LogP contribution in [0.25, 0.3) is 0 Å². The van der Waals surface area contributed by atoms with Gasteiger partial charge in [0.2, 0.25) is 0 Å². The van der Waals surface area contributed by atoms with Crippen molar-refractivity contribution in [3.05, 3.63) is 11.1 Å². The molecule has 1 heterocycles. The van der Waals surface area contributed by atoms with E-state index in [4.69, 9.17) is 23.2 Å². The van der Waals surface area contributed by atoms with Crippen molar-refractivity contribution in [2.75, 3.05) is 0 Å². The van der Waals surface area contributed by atoms with Gasteiger partial charge in [-0.25, -0.2) is 0 Å². The van der Waals surface area contributed by atoms with Crippen LogP contribution < -0.4 is 0 Å². The second kappa shape index (κ2) is 2.62. The smallest absolute Gasteiger partial charge is 0.140 e. The van der Waals surface area contributed by atoms with E-state index in [1.165, 1.54) is 11.5 Å². The number of halogens is 2. The summed E-state index contributed by atoms with van der Waals surface area (Å²) in [5.74, 6) is 0. The number of hydrogen-bond donors (Lipinski definition) is 0. The predicted octanol–water partition coefficient (Wildman–Crippen LogP) is 2.01. The Labute approximate surface area is 60.6 Å². The minimum Gasteiger partial charge on any atom is -0.140 e. The van der Waals surface area contributed by atoms with Crippen LogP contribution in [0.1, 0.15) is 10.5 Å². The number of nitrogens with zero attached hydrogens (tertiary/aromatic N) is 2. The molecule has 44 valence electrons. The Morgan fingerprint density at radius 3 is 2.62 bits per heavy atom. The highest BCUT2D eigenvalue weighted by Gasteiger charge is 2.03. The summed E-state index contributed by atoms with van der Waals surface area (Å²) in [6, 6.07) is 0. The quantitative estimate of drug-likeness (QED) is 0.601. The molecule has 0 spiro atoms. The van der Waals surface area contributed by atoms with E-state index in [9.17, 15) is 0 Å². The van der Waals surface area contributed by atoms with Crippen molar-refractivity contribution in [2.24, 2.45) is 0 Å². The lowest BCUT2D eigenvalue weighted by molar-refractivity contribution is 1.06. The highest BCUT2D eigenvalue weighted by atomic mass is 35.5. The monoisotopic (exact) mass is 168 g/mol.